The highest BCUT2D eigenvalue weighted by molar-refractivity contribution is 5.82. The molecular formula is C20H21N3. The number of hydrogen-bond donors (Lipinski definition) is 0. The van der Waals surface area contributed by atoms with Gasteiger partial charge in [0, 0.05) is 18.5 Å². The molecule has 2 aromatic carbocycles. The van der Waals surface area contributed by atoms with E-state index in [2.05, 4.69) is 67.8 Å². The van der Waals surface area contributed by atoms with E-state index in [1.165, 1.54) is 16.7 Å². The Morgan fingerprint density at radius 3 is 2.52 bits per heavy atom. The van der Waals surface area contributed by atoms with Gasteiger partial charge in [0.25, 0.3) is 0 Å². The van der Waals surface area contributed by atoms with Crippen molar-refractivity contribution in [3.05, 3.63) is 53.1 Å². The highest BCUT2D eigenvalue weighted by Gasteiger charge is 2.14. The summed E-state index contributed by atoms with van der Waals surface area (Å²) in [5, 5.41) is 8.84. The van der Waals surface area contributed by atoms with E-state index in [4.69, 9.17) is 10.2 Å². The van der Waals surface area contributed by atoms with Crippen molar-refractivity contribution in [2.24, 2.45) is 0 Å². The molecule has 3 rings (SSSR count). The van der Waals surface area contributed by atoms with Crippen molar-refractivity contribution >= 4 is 11.0 Å². The molecule has 0 fully saturated rings. The Morgan fingerprint density at radius 2 is 1.78 bits per heavy atom. The Bertz CT molecular complexity index is 897. The first-order chi connectivity index (χ1) is 11.1. The van der Waals surface area contributed by atoms with Gasteiger partial charge in [-0.25, -0.2) is 4.98 Å². The lowest BCUT2D eigenvalue weighted by atomic mass is 10.1. The minimum atomic E-state index is 0.567. The van der Waals surface area contributed by atoms with Crippen LogP contribution < -0.4 is 0 Å². The fourth-order valence-corrected chi connectivity index (χ4v) is 2.95. The smallest absolute Gasteiger partial charge is 0.141 e. The summed E-state index contributed by atoms with van der Waals surface area (Å²) in [6, 6.07) is 15.0. The first kappa shape index (κ1) is 15.3. The molecule has 0 saturated heterocycles. The lowest BCUT2D eigenvalue weighted by Gasteiger charge is -2.10. The van der Waals surface area contributed by atoms with E-state index in [1.54, 1.807) is 0 Å². The maximum atomic E-state index is 8.84. The molecule has 1 heterocycles. The normalized spacial score (nSPS) is 10.9. The van der Waals surface area contributed by atoms with Gasteiger partial charge in [0.1, 0.15) is 5.82 Å². The number of hydrogen-bond acceptors (Lipinski definition) is 2. The van der Waals surface area contributed by atoms with Crippen molar-refractivity contribution in [1.82, 2.24) is 9.55 Å². The number of nitriles is 1. The van der Waals surface area contributed by atoms with Gasteiger partial charge in [-0.05, 0) is 56.0 Å². The second kappa shape index (κ2) is 6.26. The van der Waals surface area contributed by atoms with Gasteiger partial charge < -0.3 is 4.57 Å². The van der Waals surface area contributed by atoms with Crippen LogP contribution in [0.25, 0.3) is 22.4 Å². The quantitative estimate of drug-likeness (QED) is 0.641. The fourth-order valence-electron chi connectivity index (χ4n) is 2.95. The number of unbranched alkanes of at least 4 members (excludes halogenated alkanes) is 1. The monoisotopic (exact) mass is 303 g/mol. The number of aryl methyl sites for hydroxylation is 4. The largest absolute Gasteiger partial charge is 0.324 e. The minimum absolute atomic E-state index is 0.567. The predicted molar refractivity (Wildman–Crippen MR) is 94.2 cm³/mol. The third-order valence-electron chi connectivity index (χ3n) is 4.42. The van der Waals surface area contributed by atoms with Gasteiger partial charge in [-0.3, -0.25) is 0 Å². The maximum absolute atomic E-state index is 8.84. The average Bonchev–Trinajstić information content (AvgIpc) is 2.86. The lowest BCUT2D eigenvalue weighted by molar-refractivity contribution is 0.675. The Kier molecular flexibility index (Phi) is 4.16. The van der Waals surface area contributed by atoms with Crippen molar-refractivity contribution in [2.45, 2.75) is 40.2 Å². The average molecular weight is 303 g/mol. The van der Waals surface area contributed by atoms with Crippen molar-refractivity contribution in [3.8, 4) is 17.5 Å². The van der Waals surface area contributed by atoms with E-state index in [0.717, 1.165) is 35.4 Å². The van der Waals surface area contributed by atoms with Crippen LogP contribution in [-0.2, 0) is 6.54 Å². The van der Waals surface area contributed by atoms with Crippen LogP contribution in [-0.4, -0.2) is 9.55 Å². The summed E-state index contributed by atoms with van der Waals surface area (Å²) in [5.41, 5.74) is 7.10. The van der Waals surface area contributed by atoms with Gasteiger partial charge in [-0.15, -0.1) is 0 Å². The van der Waals surface area contributed by atoms with Crippen LogP contribution >= 0.6 is 0 Å². The van der Waals surface area contributed by atoms with Gasteiger partial charge in [0.15, 0.2) is 0 Å². The summed E-state index contributed by atoms with van der Waals surface area (Å²) in [6.07, 6.45) is 1.41. The second-order valence-electron chi connectivity index (χ2n) is 6.09. The molecule has 0 radical (unpaired) electrons. The number of benzene rings is 2. The molecule has 0 aliphatic rings. The molecule has 0 unspecified atom stereocenters. The number of imidazole rings is 1. The zero-order valence-electron chi connectivity index (χ0n) is 13.9. The predicted octanol–water partition coefficient (Wildman–Crippen LogP) is 4.93. The van der Waals surface area contributed by atoms with E-state index in [1.807, 2.05) is 0 Å². The summed E-state index contributed by atoms with van der Waals surface area (Å²) in [6.45, 7) is 7.19. The minimum Gasteiger partial charge on any atom is -0.324 e. The van der Waals surface area contributed by atoms with E-state index < -0.39 is 0 Å². The van der Waals surface area contributed by atoms with Crippen LogP contribution in [0, 0.1) is 32.1 Å². The standard InChI is InChI=1S/C20H21N3/c1-14-8-4-5-9-17(14)20-22-18-12-15(2)16(3)13-19(18)23(20)11-7-6-10-21/h4-5,8-9,12-13H,6-7,11H2,1-3H3. The van der Waals surface area contributed by atoms with Crippen molar-refractivity contribution in [2.75, 3.05) is 0 Å². The van der Waals surface area contributed by atoms with Crippen molar-refractivity contribution in [1.29, 1.82) is 5.26 Å². The first-order valence-electron chi connectivity index (χ1n) is 8.02. The number of aromatic nitrogens is 2. The molecule has 0 aliphatic heterocycles. The SMILES string of the molecule is Cc1cc2nc(-c3ccccc3C)n(CCCC#N)c2cc1C. The molecule has 3 nitrogen and oxygen atoms in total. The van der Waals surface area contributed by atoms with Gasteiger partial charge in [-0.2, -0.15) is 5.26 Å². The first-order valence-corrected chi connectivity index (χ1v) is 8.02. The van der Waals surface area contributed by atoms with Crippen LogP contribution in [0.5, 0.6) is 0 Å². The molecule has 0 aliphatic carbocycles. The maximum Gasteiger partial charge on any atom is 0.141 e. The van der Waals surface area contributed by atoms with Crippen LogP contribution in [0.2, 0.25) is 0 Å². The molecule has 1 aromatic heterocycles. The third kappa shape index (κ3) is 2.85. The Balaban J connectivity index is 2.21. The zero-order valence-corrected chi connectivity index (χ0v) is 13.9. The molecule has 0 amide bonds. The van der Waals surface area contributed by atoms with Crippen LogP contribution in [0.15, 0.2) is 36.4 Å². The molecule has 0 N–H and O–H groups in total. The van der Waals surface area contributed by atoms with Crippen molar-refractivity contribution < 1.29 is 0 Å². The molecule has 3 heteroatoms. The zero-order chi connectivity index (χ0) is 16.4. The summed E-state index contributed by atoms with van der Waals surface area (Å²) < 4.78 is 2.27. The Hall–Kier alpha value is -2.60. The van der Waals surface area contributed by atoms with Gasteiger partial charge >= 0.3 is 0 Å². The lowest BCUT2D eigenvalue weighted by Crippen LogP contribution is -2.02. The molecule has 0 atom stereocenters. The van der Waals surface area contributed by atoms with E-state index in [9.17, 15) is 0 Å². The Morgan fingerprint density at radius 1 is 1.04 bits per heavy atom. The Labute approximate surface area is 137 Å². The number of fused-ring (bicyclic) bond motifs is 1. The van der Waals surface area contributed by atoms with Crippen LogP contribution in [0.1, 0.15) is 29.5 Å². The molecular weight excluding hydrogens is 282 g/mol. The van der Waals surface area contributed by atoms with Crippen LogP contribution in [0.4, 0.5) is 0 Å². The number of rotatable bonds is 4. The summed E-state index contributed by atoms with van der Waals surface area (Å²) in [7, 11) is 0. The third-order valence-corrected chi connectivity index (χ3v) is 4.42. The molecule has 116 valence electrons. The van der Waals surface area contributed by atoms with Gasteiger partial charge in [-0.1, -0.05) is 24.3 Å². The fraction of sp³-hybridized carbons (Fsp3) is 0.300. The number of nitrogens with zero attached hydrogens (tertiary/aromatic N) is 3. The topological polar surface area (TPSA) is 41.6 Å². The summed E-state index contributed by atoms with van der Waals surface area (Å²) in [4.78, 5) is 4.90. The van der Waals surface area contributed by atoms with Gasteiger partial charge in [0.2, 0.25) is 0 Å². The van der Waals surface area contributed by atoms with E-state index in [0.29, 0.717) is 6.42 Å². The second-order valence-corrected chi connectivity index (χ2v) is 6.09. The van der Waals surface area contributed by atoms with E-state index >= 15 is 0 Å². The molecule has 3 aromatic rings. The molecule has 0 spiro atoms. The van der Waals surface area contributed by atoms with E-state index in [-0.39, 0.29) is 0 Å². The summed E-state index contributed by atoms with van der Waals surface area (Å²) >= 11 is 0. The van der Waals surface area contributed by atoms with Crippen molar-refractivity contribution in [3.63, 3.8) is 0 Å². The van der Waals surface area contributed by atoms with Gasteiger partial charge in [0.05, 0.1) is 17.1 Å². The highest BCUT2D eigenvalue weighted by Crippen LogP contribution is 2.29. The summed E-state index contributed by atoms with van der Waals surface area (Å²) in [5.74, 6) is 1.00. The van der Waals surface area contributed by atoms with Crippen LogP contribution in [0.3, 0.4) is 0 Å². The molecule has 0 bridgehead atoms. The molecule has 23 heavy (non-hydrogen) atoms. The highest BCUT2D eigenvalue weighted by atomic mass is 15.1. The molecule has 0 saturated carbocycles.